The largest absolute Gasteiger partial charge is 0.490 e. The maximum Gasteiger partial charge on any atom is 0.483 e. The van der Waals surface area contributed by atoms with Crippen LogP contribution in [0.5, 0.6) is 11.5 Å². The number of alkyl halides is 11. The van der Waals surface area contributed by atoms with Crippen LogP contribution in [0.25, 0.3) is 11.4 Å². The lowest BCUT2D eigenvalue weighted by Crippen LogP contribution is -2.55. The van der Waals surface area contributed by atoms with E-state index in [9.17, 15) is 48.3 Å². The van der Waals surface area contributed by atoms with Gasteiger partial charge in [-0.2, -0.15) is 48.3 Å². The molecule has 0 saturated carbocycles. The van der Waals surface area contributed by atoms with Crippen LogP contribution < -0.4 is 9.47 Å². The summed E-state index contributed by atoms with van der Waals surface area (Å²) in [7, 11) is 1.49. The third-order valence-corrected chi connectivity index (χ3v) is 5.58. The molecule has 0 saturated heterocycles. The van der Waals surface area contributed by atoms with Crippen LogP contribution in [0.15, 0.2) is 36.7 Å². The summed E-state index contributed by atoms with van der Waals surface area (Å²) >= 11 is 0. The summed E-state index contributed by atoms with van der Waals surface area (Å²) < 4.78 is 178. The van der Waals surface area contributed by atoms with Gasteiger partial charge in [0.25, 0.3) is 0 Å². The fraction of sp³-hybridized carbons (Fsp3) is 0.630. The molecule has 0 spiro atoms. The van der Waals surface area contributed by atoms with E-state index in [1.165, 1.54) is 19.5 Å². The molecule has 1 heterocycles. The first kappa shape index (κ1) is 41.1. The second-order valence-corrected chi connectivity index (χ2v) is 9.37. The highest BCUT2D eigenvalue weighted by molar-refractivity contribution is 5.60. The number of ether oxygens (including phenoxy) is 8. The van der Waals surface area contributed by atoms with Gasteiger partial charge in [0.2, 0.25) is 0 Å². The highest BCUT2D eigenvalue weighted by atomic mass is 19.4. The van der Waals surface area contributed by atoms with E-state index >= 15 is 0 Å². The fourth-order valence-electron chi connectivity index (χ4n) is 3.21. The van der Waals surface area contributed by atoms with Gasteiger partial charge in [0.1, 0.15) is 13.2 Å². The van der Waals surface area contributed by atoms with Crippen molar-refractivity contribution >= 4 is 0 Å². The Morgan fingerprint density at radius 1 is 0.667 bits per heavy atom. The average Bonchev–Trinajstić information content (AvgIpc) is 2.99. The van der Waals surface area contributed by atoms with E-state index in [1.54, 1.807) is 31.2 Å². The Morgan fingerprint density at radius 2 is 1.27 bits per heavy atom. The lowest BCUT2D eigenvalue weighted by Gasteiger charge is -2.31. The number of nitrogens with zero attached hydrogens (tertiary/aromatic N) is 2. The van der Waals surface area contributed by atoms with Crippen molar-refractivity contribution < 1.29 is 86.2 Å². The van der Waals surface area contributed by atoms with Crippen molar-refractivity contribution in [2.24, 2.45) is 0 Å². The van der Waals surface area contributed by atoms with Crippen molar-refractivity contribution in [3.63, 3.8) is 0 Å². The minimum atomic E-state index is -6.86. The summed E-state index contributed by atoms with van der Waals surface area (Å²) in [5.74, 6) is 0.922. The van der Waals surface area contributed by atoms with E-state index in [2.05, 4.69) is 19.4 Å². The van der Waals surface area contributed by atoms with Gasteiger partial charge in [-0.1, -0.05) is 0 Å². The summed E-state index contributed by atoms with van der Waals surface area (Å²) in [4.78, 5) is 8.32. The number of hydrogen-bond acceptors (Lipinski definition) is 10. The molecule has 48 heavy (non-hydrogen) atoms. The molecule has 0 aliphatic heterocycles. The van der Waals surface area contributed by atoms with Crippen LogP contribution in [0.1, 0.15) is 19.8 Å². The molecular weight excluding hydrogens is 689 g/mol. The molecule has 0 radical (unpaired) electrons. The van der Waals surface area contributed by atoms with Crippen molar-refractivity contribution in [1.82, 2.24) is 9.97 Å². The van der Waals surface area contributed by atoms with Crippen molar-refractivity contribution in [1.29, 1.82) is 0 Å². The lowest BCUT2D eigenvalue weighted by molar-refractivity contribution is -0.537. The van der Waals surface area contributed by atoms with Crippen LogP contribution >= 0.6 is 0 Å². The number of unbranched alkanes of at least 4 members (excludes halogenated alkanes) is 1. The molecule has 0 amide bonds. The Kier molecular flexibility index (Phi) is 15.4. The SMILES string of the molecule is COC(C)OCCOCCOc1cc(-c2ncccn2)ccc1OCCCCOCC(F)(F)OC(F)(F)C(F)(F)OC(F)(F)C(F)(F)F. The van der Waals surface area contributed by atoms with Crippen LogP contribution in [-0.2, 0) is 28.4 Å². The van der Waals surface area contributed by atoms with E-state index < -0.39 is 50.1 Å². The molecule has 2 aromatic rings. The van der Waals surface area contributed by atoms with Crippen molar-refractivity contribution in [2.45, 2.75) is 56.7 Å². The standard InChI is InChI=1S/C27H31F11N2O8/c1-18(41-2)44-14-12-42-13-15-46-21-16-19(22-39-8-5-9-40-22)6-7-20(21)45-11-4-3-10-43-17-23(28,29)47-26(35,36)27(37,38)48-25(33,34)24(30,31)32/h5-9,16,18H,3-4,10-15,17H2,1-2H3. The zero-order chi connectivity index (χ0) is 36.1. The molecule has 0 fully saturated rings. The van der Waals surface area contributed by atoms with E-state index in [4.69, 9.17) is 23.7 Å². The zero-order valence-corrected chi connectivity index (χ0v) is 25.2. The van der Waals surface area contributed by atoms with Gasteiger partial charge < -0.3 is 28.4 Å². The number of rotatable bonds is 23. The number of aromatic nitrogens is 2. The molecular formula is C27H31F11N2O8. The molecule has 2 rings (SSSR count). The Bertz CT molecular complexity index is 1230. The molecule has 0 aliphatic carbocycles. The molecule has 1 atom stereocenters. The molecule has 0 bridgehead atoms. The van der Waals surface area contributed by atoms with Crippen LogP contribution in [0, 0.1) is 0 Å². The highest BCUT2D eigenvalue weighted by Gasteiger charge is 2.72. The van der Waals surface area contributed by atoms with E-state index in [0.717, 1.165) is 0 Å². The quantitative estimate of drug-likeness (QED) is 0.0702. The van der Waals surface area contributed by atoms with Crippen LogP contribution in [0.3, 0.4) is 0 Å². The topological polar surface area (TPSA) is 99.6 Å². The number of hydrogen-bond donors (Lipinski definition) is 0. The third kappa shape index (κ3) is 13.4. The molecule has 274 valence electrons. The normalized spacial score (nSPS) is 13.9. The highest BCUT2D eigenvalue weighted by Crippen LogP contribution is 2.47. The Labute approximate surface area is 266 Å². The molecule has 1 unspecified atom stereocenters. The molecule has 0 N–H and O–H groups in total. The first-order chi connectivity index (χ1) is 22.3. The third-order valence-electron chi connectivity index (χ3n) is 5.58. The first-order valence-electron chi connectivity index (χ1n) is 13.8. The molecule has 10 nitrogen and oxygen atoms in total. The predicted octanol–water partition coefficient (Wildman–Crippen LogP) is 6.69. The lowest BCUT2D eigenvalue weighted by atomic mass is 10.2. The number of halogens is 11. The van der Waals surface area contributed by atoms with Crippen molar-refractivity contribution in [2.75, 3.05) is 53.4 Å². The van der Waals surface area contributed by atoms with Crippen LogP contribution in [-0.4, -0.2) is 100 Å². The zero-order valence-electron chi connectivity index (χ0n) is 25.2. The summed E-state index contributed by atoms with van der Waals surface area (Å²) in [6, 6.07) is 6.43. The average molecular weight is 721 g/mol. The van der Waals surface area contributed by atoms with Gasteiger partial charge >= 0.3 is 30.6 Å². The van der Waals surface area contributed by atoms with E-state index in [1.807, 2.05) is 4.74 Å². The van der Waals surface area contributed by atoms with Crippen molar-refractivity contribution in [3.05, 3.63) is 36.7 Å². The minimum Gasteiger partial charge on any atom is -0.490 e. The first-order valence-corrected chi connectivity index (χ1v) is 13.8. The Morgan fingerprint density at radius 3 is 1.92 bits per heavy atom. The predicted molar refractivity (Wildman–Crippen MR) is 140 cm³/mol. The fourth-order valence-corrected chi connectivity index (χ4v) is 3.21. The monoisotopic (exact) mass is 720 g/mol. The molecule has 21 heteroatoms. The van der Waals surface area contributed by atoms with Crippen molar-refractivity contribution in [3.8, 4) is 22.9 Å². The van der Waals surface area contributed by atoms with E-state index in [0.29, 0.717) is 11.4 Å². The maximum atomic E-state index is 13.7. The summed E-state index contributed by atoms with van der Waals surface area (Å²) in [6.45, 7) is -0.173. The summed E-state index contributed by atoms with van der Waals surface area (Å²) in [5, 5.41) is 0. The molecule has 1 aromatic carbocycles. The number of benzene rings is 1. The Hall–Kier alpha value is -3.11. The summed E-state index contributed by atoms with van der Waals surface area (Å²) in [6.07, 6.45) is -29.6. The second-order valence-electron chi connectivity index (χ2n) is 9.37. The Balaban J connectivity index is 1.84. The van der Waals surface area contributed by atoms with Crippen LogP contribution in [0.2, 0.25) is 0 Å². The maximum absolute atomic E-state index is 13.7. The smallest absolute Gasteiger partial charge is 0.483 e. The summed E-state index contributed by atoms with van der Waals surface area (Å²) in [5.41, 5.74) is 0.585. The van der Waals surface area contributed by atoms with Gasteiger partial charge in [0.05, 0.1) is 26.4 Å². The van der Waals surface area contributed by atoms with Gasteiger partial charge in [-0.25, -0.2) is 19.4 Å². The minimum absolute atomic E-state index is 0.0473. The van der Waals surface area contributed by atoms with Gasteiger partial charge in [-0.05, 0) is 44.0 Å². The number of methoxy groups -OCH3 is 1. The molecule has 1 aromatic heterocycles. The van der Waals surface area contributed by atoms with E-state index in [-0.39, 0.29) is 57.4 Å². The second kappa shape index (κ2) is 18.0. The van der Waals surface area contributed by atoms with Gasteiger partial charge in [-0.3, -0.25) is 0 Å². The van der Waals surface area contributed by atoms with Gasteiger partial charge in [0.15, 0.2) is 23.6 Å². The van der Waals surface area contributed by atoms with Gasteiger partial charge in [0, 0.05) is 31.7 Å². The van der Waals surface area contributed by atoms with Gasteiger partial charge in [-0.15, -0.1) is 0 Å². The van der Waals surface area contributed by atoms with Crippen LogP contribution in [0.4, 0.5) is 48.3 Å². The molecule has 0 aliphatic rings.